The van der Waals surface area contributed by atoms with Crippen LogP contribution in [-0.4, -0.2) is 42.1 Å². The van der Waals surface area contributed by atoms with E-state index in [1.165, 1.54) is 6.07 Å². The number of non-ortho nitro benzene ring substituents is 1. The maximum Gasteiger partial charge on any atom is 0.270 e. The molecule has 0 radical (unpaired) electrons. The Balaban J connectivity index is 2.26. The molecule has 1 heterocycles. The standard InChI is InChI=1S/C14H21N3O3/c1-14(2)10-15-6-7-16(14)9-11-8-12(17(18)19)4-5-13(11)20-3/h4-5,8,15H,6-7,9-10H2,1-3H3. The molecule has 1 N–H and O–H groups in total. The highest BCUT2D eigenvalue weighted by Gasteiger charge is 2.30. The van der Waals surface area contributed by atoms with Gasteiger partial charge in [0.25, 0.3) is 5.69 Å². The van der Waals surface area contributed by atoms with E-state index in [4.69, 9.17) is 4.74 Å². The van der Waals surface area contributed by atoms with Crippen molar-refractivity contribution in [1.29, 1.82) is 0 Å². The average molecular weight is 279 g/mol. The van der Waals surface area contributed by atoms with E-state index in [1.807, 2.05) is 0 Å². The third-order valence-electron chi connectivity index (χ3n) is 3.81. The van der Waals surface area contributed by atoms with Crippen LogP contribution in [0.1, 0.15) is 19.4 Å². The van der Waals surface area contributed by atoms with Crippen LogP contribution in [0, 0.1) is 10.1 Å². The summed E-state index contributed by atoms with van der Waals surface area (Å²) < 4.78 is 5.32. The lowest BCUT2D eigenvalue weighted by Crippen LogP contribution is -2.57. The van der Waals surface area contributed by atoms with Crippen molar-refractivity contribution in [2.75, 3.05) is 26.7 Å². The number of piperazine rings is 1. The summed E-state index contributed by atoms with van der Waals surface area (Å²) in [6.07, 6.45) is 0. The molecule has 0 aromatic heterocycles. The fourth-order valence-electron chi connectivity index (χ4n) is 2.52. The lowest BCUT2D eigenvalue weighted by Gasteiger charge is -2.43. The Morgan fingerprint density at radius 2 is 2.25 bits per heavy atom. The number of methoxy groups -OCH3 is 1. The molecule has 1 aliphatic rings. The van der Waals surface area contributed by atoms with Crippen molar-refractivity contribution in [3.8, 4) is 5.75 Å². The molecule has 1 aromatic carbocycles. The zero-order chi connectivity index (χ0) is 14.8. The Labute approximate surface area is 118 Å². The van der Waals surface area contributed by atoms with Crippen molar-refractivity contribution in [3.05, 3.63) is 33.9 Å². The highest BCUT2D eigenvalue weighted by atomic mass is 16.6. The van der Waals surface area contributed by atoms with Gasteiger partial charge in [0.15, 0.2) is 0 Å². The summed E-state index contributed by atoms with van der Waals surface area (Å²) in [6, 6.07) is 4.75. The summed E-state index contributed by atoms with van der Waals surface area (Å²) in [5.41, 5.74) is 0.985. The van der Waals surface area contributed by atoms with Crippen LogP contribution in [0.2, 0.25) is 0 Å². The molecular formula is C14H21N3O3. The van der Waals surface area contributed by atoms with E-state index in [2.05, 4.69) is 24.1 Å². The van der Waals surface area contributed by atoms with Crippen LogP contribution in [0.3, 0.4) is 0 Å². The molecular weight excluding hydrogens is 258 g/mol. The maximum absolute atomic E-state index is 10.9. The van der Waals surface area contributed by atoms with Gasteiger partial charge in [-0.3, -0.25) is 15.0 Å². The fourth-order valence-corrected chi connectivity index (χ4v) is 2.52. The van der Waals surface area contributed by atoms with Gasteiger partial charge < -0.3 is 10.1 Å². The molecule has 0 bridgehead atoms. The van der Waals surface area contributed by atoms with Crippen molar-refractivity contribution >= 4 is 5.69 Å². The van der Waals surface area contributed by atoms with Gasteiger partial charge in [-0.2, -0.15) is 0 Å². The van der Waals surface area contributed by atoms with Crippen LogP contribution in [0.25, 0.3) is 0 Å². The number of nitro benzene ring substituents is 1. The zero-order valence-corrected chi connectivity index (χ0v) is 12.2. The van der Waals surface area contributed by atoms with Crippen LogP contribution in [-0.2, 0) is 6.54 Å². The van der Waals surface area contributed by atoms with Gasteiger partial charge in [0.05, 0.1) is 12.0 Å². The van der Waals surface area contributed by atoms with Crippen LogP contribution in [0.4, 0.5) is 5.69 Å². The third-order valence-corrected chi connectivity index (χ3v) is 3.81. The number of nitrogens with one attached hydrogen (secondary N) is 1. The van der Waals surface area contributed by atoms with E-state index in [9.17, 15) is 10.1 Å². The van der Waals surface area contributed by atoms with Crippen LogP contribution >= 0.6 is 0 Å². The van der Waals surface area contributed by atoms with E-state index in [0.29, 0.717) is 12.3 Å². The Morgan fingerprint density at radius 1 is 1.50 bits per heavy atom. The van der Waals surface area contributed by atoms with Crippen molar-refractivity contribution in [1.82, 2.24) is 10.2 Å². The minimum absolute atomic E-state index is 0.0217. The van der Waals surface area contributed by atoms with Crippen molar-refractivity contribution in [2.45, 2.75) is 25.9 Å². The van der Waals surface area contributed by atoms with Gasteiger partial charge in [0.1, 0.15) is 5.75 Å². The predicted octanol–water partition coefficient (Wildman–Crippen LogP) is 1.79. The molecule has 0 saturated carbocycles. The number of hydrogen-bond donors (Lipinski definition) is 1. The normalized spacial score (nSPS) is 18.8. The second-order valence-electron chi connectivity index (χ2n) is 5.66. The van der Waals surface area contributed by atoms with Crippen LogP contribution < -0.4 is 10.1 Å². The Hall–Kier alpha value is -1.66. The first-order valence-corrected chi connectivity index (χ1v) is 6.71. The number of ether oxygens (including phenoxy) is 1. The van der Waals surface area contributed by atoms with E-state index in [0.717, 1.165) is 25.2 Å². The molecule has 0 atom stereocenters. The van der Waals surface area contributed by atoms with E-state index in [1.54, 1.807) is 19.2 Å². The monoisotopic (exact) mass is 279 g/mol. The van der Waals surface area contributed by atoms with E-state index < -0.39 is 0 Å². The smallest absolute Gasteiger partial charge is 0.270 e. The minimum Gasteiger partial charge on any atom is -0.496 e. The number of nitro groups is 1. The molecule has 110 valence electrons. The molecule has 1 aliphatic heterocycles. The third kappa shape index (κ3) is 3.08. The summed E-state index contributed by atoms with van der Waals surface area (Å²) >= 11 is 0. The number of benzene rings is 1. The quantitative estimate of drug-likeness (QED) is 0.672. The number of hydrogen-bond acceptors (Lipinski definition) is 5. The molecule has 20 heavy (non-hydrogen) atoms. The van der Waals surface area contributed by atoms with Crippen molar-refractivity contribution in [2.24, 2.45) is 0 Å². The summed E-state index contributed by atoms with van der Waals surface area (Å²) in [5, 5.41) is 14.3. The largest absolute Gasteiger partial charge is 0.496 e. The van der Waals surface area contributed by atoms with Crippen LogP contribution in [0.15, 0.2) is 18.2 Å². The van der Waals surface area contributed by atoms with Gasteiger partial charge in [0.2, 0.25) is 0 Å². The van der Waals surface area contributed by atoms with Crippen molar-refractivity contribution < 1.29 is 9.66 Å². The zero-order valence-electron chi connectivity index (χ0n) is 12.2. The minimum atomic E-state index is -0.369. The van der Waals surface area contributed by atoms with Gasteiger partial charge in [-0.25, -0.2) is 0 Å². The van der Waals surface area contributed by atoms with Crippen LogP contribution in [0.5, 0.6) is 5.75 Å². The fraction of sp³-hybridized carbons (Fsp3) is 0.571. The highest BCUT2D eigenvalue weighted by molar-refractivity contribution is 5.43. The SMILES string of the molecule is COc1ccc([N+](=O)[O-])cc1CN1CCNCC1(C)C. The summed E-state index contributed by atoms with van der Waals surface area (Å²) in [4.78, 5) is 12.9. The first-order chi connectivity index (χ1) is 9.44. The molecule has 0 unspecified atom stereocenters. The molecule has 1 aromatic rings. The van der Waals surface area contributed by atoms with Crippen molar-refractivity contribution in [3.63, 3.8) is 0 Å². The molecule has 0 spiro atoms. The lowest BCUT2D eigenvalue weighted by atomic mass is 9.99. The molecule has 0 amide bonds. The number of rotatable bonds is 4. The first-order valence-electron chi connectivity index (χ1n) is 6.71. The van der Waals surface area contributed by atoms with Gasteiger partial charge in [0, 0.05) is 49.4 Å². The molecule has 1 saturated heterocycles. The lowest BCUT2D eigenvalue weighted by molar-refractivity contribution is -0.385. The summed E-state index contributed by atoms with van der Waals surface area (Å²) in [6.45, 7) is 7.75. The van der Waals surface area contributed by atoms with E-state index >= 15 is 0 Å². The van der Waals surface area contributed by atoms with Gasteiger partial charge in [-0.1, -0.05) is 0 Å². The molecule has 6 nitrogen and oxygen atoms in total. The predicted molar refractivity (Wildman–Crippen MR) is 77.0 cm³/mol. The molecule has 2 rings (SSSR count). The molecule has 1 fully saturated rings. The maximum atomic E-state index is 10.9. The Kier molecular flexibility index (Phi) is 4.25. The summed E-state index contributed by atoms with van der Waals surface area (Å²) in [5.74, 6) is 0.699. The number of nitrogens with zero attached hydrogens (tertiary/aromatic N) is 2. The second kappa shape index (κ2) is 5.76. The second-order valence-corrected chi connectivity index (χ2v) is 5.66. The highest BCUT2D eigenvalue weighted by Crippen LogP contribution is 2.28. The average Bonchev–Trinajstić information content (AvgIpc) is 2.41. The molecule has 6 heteroatoms. The first kappa shape index (κ1) is 14.7. The molecule has 0 aliphatic carbocycles. The van der Waals surface area contributed by atoms with Gasteiger partial charge >= 0.3 is 0 Å². The topological polar surface area (TPSA) is 67.6 Å². The van der Waals surface area contributed by atoms with Gasteiger partial charge in [-0.15, -0.1) is 0 Å². The Bertz CT molecular complexity index is 502. The summed E-state index contributed by atoms with van der Waals surface area (Å²) in [7, 11) is 1.59. The van der Waals surface area contributed by atoms with E-state index in [-0.39, 0.29) is 16.1 Å². The Morgan fingerprint density at radius 3 is 2.85 bits per heavy atom. The van der Waals surface area contributed by atoms with Gasteiger partial charge in [-0.05, 0) is 19.9 Å².